The summed E-state index contributed by atoms with van der Waals surface area (Å²) in [6.45, 7) is 3.39. The molecule has 0 bridgehead atoms. The fourth-order valence-corrected chi connectivity index (χ4v) is 2.16. The highest BCUT2D eigenvalue weighted by molar-refractivity contribution is 5.94. The molecule has 0 aliphatic heterocycles. The van der Waals surface area contributed by atoms with E-state index in [1.807, 2.05) is 0 Å². The lowest BCUT2D eigenvalue weighted by Gasteiger charge is -2.15. The number of ether oxygens (including phenoxy) is 2. The molecule has 0 atom stereocenters. The Kier molecular flexibility index (Phi) is 9.78. The summed E-state index contributed by atoms with van der Waals surface area (Å²) < 4.78 is 11.0. The Balaban J connectivity index is 0.00000288. The van der Waals surface area contributed by atoms with Crippen molar-refractivity contribution in [2.45, 2.75) is 20.4 Å². The summed E-state index contributed by atoms with van der Waals surface area (Å²) in [4.78, 5) is 40.6. The maximum Gasteiger partial charge on any atom is 0.322 e. The molecule has 0 fully saturated rings. The van der Waals surface area contributed by atoms with Gasteiger partial charge in [0.05, 0.1) is 37.0 Å². The maximum absolute atomic E-state index is 12.4. The first kappa shape index (κ1) is 22.9. The molecule has 0 saturated carbocycles. The molecule has 7 nitrogen and oxygen atoms in total. The Morgan fingerprint density at radius 3 is 2.20 bits per heavy atom. The lowest BCUT2D eigenvalue weighted by Crippen LogP contribution is -2.35. The zero-order valence-electron chi connectivity index (χ0n) is 13.8. The van der Waals surface area contributed by atoms with E-state index in [2.05, 4.69) is 4.98 Å². The fraction of sp³-hybridized carbons (Fsp3) is 0.375. The number of esters is 2. The van der Waals surface area contributed by atoms with Gasteiger partial charge >= 0.3 is 11.9 Å². The minimum Gasteiger partial charge on any atom is -0.465 e. The van der Waals surface area contributed by atoms with E-state index in [0.29, 0.717) is 10.9 Å². The quantitative estimate of drug-likeness (QED) is 0.553. The molecular formula is C16H20Cl2N2O5. The molecule has 0 aliphatic rings. The van der Waals surface area contributed by atoms with Gasteiger partial charge in [-0.3, -0.25) is 19.0 Å². The van der Waals surface area contributed by atoms with Crippen LogP contribution < -0.4 is 5.56 Å². The normalized spacial score (nSPS) is 9.88. The van der Waals surface area contributed by atoms with E-state index in [1.54, 1.807) is 38.1 Å². The second kappa shape index (κ2) is 10.7. The van der Waals surface area contributed by atoms with Crippen molar-refractivity contribution < 1.29 is 19.1 Å². The van der Waals surface area contributed by atoms with Crippen molar-refractivity contribution in [2.75, 3.05) is 13.2 Å². The average molecular weight is 391 g/mol. The van der Waals surface area contributed by atoms with Crippen LogP contribution in [0.15, 0.2) is 35.4 Å². The van der Waals surface area contributed by atoms with Gasteiger partial charge in [0.2, 0.25) is 0 Å². The Morgan fingerprint density at radius 1 is 1.08 bits per heavy atom. The van der Waals surface area contributed by atoms with Crippen LogP contribution in [0.2, 0.25) is 0 Å². The fourth-order valence-electron chi connectivity index (χ4n) is 2.16. The predicted molar refractivity (Wildman–Crippen MR) is 97.3 cm³/mol. The first-order valence-electron chi connectivity index (χ1n) is 7.35. The molecule has 0 amide bonds. The number of fused-ring (bicyclic) bond motifs is 1. The monoisotopic (exact) mass is 390 g/mol. The lowest BCUT2D eigenvalue weighted by molar-refractivity contribution is -0.162. The van der Waals surface area contributed by atoms with Crippen LogP contribution in [0.4, 0.5) is 0 Å². The van der Waals surface area contributed by atoms with Gasteiger partial charge in [0.25, 0.3) is 5.56 Å². The van der Waals surface area contributed by atoms with Crippen LogP contribution in [0, 0.1) is 5.92 Å². The molecule has 0 radical (unpaired) electrons. The third-order valence-corrected chi connectivity index (χ3v) is 3.25. The third kappa shape index (κ3) is 5.44. The van der Waals surface area contributed by atoms with E-state index in [-0.39, 0.29) is 50.1 Å². The number of para-hydroxylation sites is 1. The van der Waals surface area contributed by atoms with E-state index in [9.17, 15) is 14.4 Å². The van der Waals surface area contributed by atoms with Gasteiger partial charge in [-0.1, -0.05) is 12.1 Å². The van der Waals surface area contributed by atoms with Gasteiger partial charge in [0, 0.05) is 0 Å². The Morgan fingerprint density at radius 2 is 1.64 bits per heavy atom. The van der Waals surface area contributed by atoms with Gasteiger partial charge in [-0.2, -0.15) is 0 Å². The topological polar surface area (TPSA) is 87.5 Å². The number of nitrogens with zero attached hydrogens (tertiary/aromatic N) is 2. The predicted octanol–water partition coefficient (Wildman–Crippen LogP) is 1.98. The molecule has 1 aromatic carbocycles. The molecule has 2 rings (SSSR count). The zero-order valence-corrected chi connectivity index (χ0v) is 15.5. The smallest absolute Gasteiger partial charge is 0.322 e. The van der Waals surface area contributed by atoms with Crippen molar-refractivity contribution >= 4 is 47.7 Å². The number of hydrogen-bond donors (Lipinski definition) is 0. The maximum atomic E-state index is 12.4. The second-order valence-electron chi connectivity index (χ2n) is 4.78. The van der Waals surface area contributed by atoms with E-state index in [1.165, 1.54) is 10.9 Å². The van der Waals surface area contributed by atoms with E-state index in [4.69, 9.17) is 9.47 Å². The first-order chi connectivity index (χ1) is 11.1. The molecule has 2 aromatic rings. The number of benzene rings is 1. The summed E-state index contributed by atoms with van der Waals surface area (Å²) in [7, 11) is 0. The Hall–Kier alpha value is -2.12. The van der Waals surface area contributed by atoms with Gasteiger partial charge in [0.15, 0.2) is 5.92 Å². The number of halogens is 2. The van der Waals surface area contributed by atoms with Crippen molar-refractivity contribution in [1.82, 2.24) is 9.55 Å². The van der Waals surface area contributed by atoms with Crippen LogP contribution in [0.1, 0.15) is 13.8 Å². The van der Waals surface area contributed by atoms with E-state index < -0.39 is 17.9 Å². The molecule has 0 N–H and O–H groups in total. The Labute approximate surface area is 157 Å². The summed E-state index contributed by atoms with van der Waals surface area (Å²) in [6, 6.07) is 6.86. The summed E-state index contributed by atoms with van der Waals surface area (Å²) in [5.74, 6) is -2.63. The largest absolute Gasteiger partial charge is 0.465 e. The van der Waals surface area contributed by atoms with Crippen LogP contribution in [0.3, 0.4) is 0 Å². The van der Waals surface area contributed by atoms with Crippen LogP contribution in [-0.2, 0) is 25.6 Å². The van der Waals surface area contributed by atoms with Crippen LogP contribution >= 0.6 is 24.8 Å². The van der Waals surface area contributed by atoms with Gasteiger partial charge in [-0.15, -0.1) is 24.8 Å². The van der Waals surface area contributed by atoms with Crippen molar-refractivity contribution in [3.63, 3.8) is 0 Å². The number of hydrogen-bond acceptors (Lipinski definition) is 6. The van der Waals surface area contributed by atoms with Gasteiger partial charge in [-0.05, 0) is 26.0 Å². The van der Waals surface area contributed by atoms with Crippen LogP contribution in [-0.4, -0.2) is 34.7 Å². The second-order valence-corrected chi connectivity index (χ2v) is 4.78. The van der Waals surface area contributed by atoms with Gasteiger partial charge < -0.3 is 9.47 Å². The Bertz CT molecular complexity index is 760. The minimum atomic E-state index is -1.20. The van der Waals surface area contributed by atoms with Gasteiger partial charge in [0.1, 0.15) is 0 Å². The minimum absolute atomic E-state index is 0. The molecule has 1 aromatic heterocycles. The summed E-state index contributed by atoms with van der Waals surface area (Å²) in [5.41, 5.74) is 0.228. The summed E-state index contributed by atoms with van der Waals surface area (Å²) in [6.07, 6.45) is 1.32. The van der Waals surface area contributed by atoms with Crippen molar-refractivity contribution in [2.24, 2.45) is 5.92 Å². The zero-order chi connectivity index (χ0) is 16.8. The first-order valence-corrected chi connectivity index (χ1v) is 7.35. The highest BCUT2D eigenvalue weighted by Gasteiger charge is 2.30. The number of aromatic nitrogens is 2. The molecule has 0 aliphatic carbocycles. The molecule has 0 unspecified atom stereocenters. The van der Waals surface area contributed by atoms with E-state index >= 15 is 0 Å². The SMILES string of the molecule is CCOC(=O)C(Cn1cnc2ccccc2c1=O)C(=O)OCC.Cl.Cl. The molecular weight excluding hydrogens is 371 g/mol. The molecule has 9 heteroatoms. The summed E-state index contributed by atoms with van der Waals surface area (Å²) >= 11 is 0. The van der Waals surface area contributed by atoms with Crippen molar-refractivity contribution in [1.29, 1.82) is 0 Å². The molecule has 0 saturated heterocycles. The summed E-state index contributed by atoms with van der Waals surface area (Å²) in [5, 5.41) is 0.418. The van der Waals surface area contributed by atoms with Crippen molar-refractivity contribution in [3.8, 4) is 0 Å². The van der Waals surface area contributed by atoms with Crippen LogP contribution in [0.25, 0.3) is 10.9 Å². The highest BCUT2D eigenvalue weighted by Crippen LogP contribution is 2.09. The molecule has 138 valence electrons. The highest BCUT2D eigenvalue weighted by atomic mass is 35.5. The average Bonchev–Trinajstić information content (AvgIpc) is 2.55. The van der Waals surface area contributed by atoms with E-state index in [0.717, 1.165) is 0 Å². The van der Waals surface area contributed by atoms with Gasteiger partial charge in [-0.25, -0.2) is 4.98 Å². The molecule has 0 spiro atoms. The number of carbonyl (C=O) groups excluding carboxylic acids is 2. The van der Waals surface area contributed by atoms with Crippen LogP contribution in [0.5, 0.6) is 0 Å². The number of carbonyl (C=O) groups is 2. The lowest BCUT2D eigenvalue weighted by atomic mass is 10.1. The van der Waals surface area contributed by atoms with Crippen molar-refractivity contribution in [3.05, 3.63) is 40.9 Å². The molecule has 1 heterocycles. The molecule has 25 heavy (non-hydrogen) atoms. The number of rotatable bonds is 6. The third-order valence-electron chi connectivity index (χ3n) is 3.25. The standard InChI is InChI=1S/C16H18N2O5.2ClH/c1-3-22-15(20)12(16(21)23-4-2)9-18-10-17-13-8-6-5-7-11(13)14(18)19;;/h5-8,10,12H,3-4,9H2,1-2H3;2*1H.